The SMILES string of the molecule is COC[NH+](O)c1cc(NC(=O)c2cnn(C(C)(C)C)c2-c2ccc(F)cc2)ccc1C. The number of nitrogens with one attached hydrogen (secondary N) is 2. The molecule has 3 rings (SSSR count). The predicted octanol–water partition coefficient (Wildman–Crippen LogP) is 3.51. The first-order chi connectivity index (χ1) is 14.6. The van der Waals surface area contributed by atoms with Crippen molar-refractivity contribution in [1.82, 2.24) is 9.78 Å². The highest BCUT2D eigenvalue weighted by molar-refractivity contribution is 6.08. The number of aromatic nitrogens is 2. The second-order valence-electron chi connectivity index (χ2n) is 8.36. The van der Waals surface area contributed by atoms with E-state index in [0.29, 0.717) is 28.2 Å². The normalized spacial score (nSPS) is 12.6. The van der Waals surface area contributed by atoms with E-state index < -0.39 is 0 Å². The third kappa shape index (κ3) is 4.99. The largest absolute Gasteiger partial charge is 0.332 e. The van der Waals surface area contributed by atoms with Crippen molar-refractivity contribution < 1.29 is 24.2 Å². The maximum Gasteiger partial charge on any atom is 0.259 e. The summed E-state index contributed by atoms with van der Waals surface area (Å²) in [5.74, 6) is -0.702. The molecule has 3 N–H and O–H groups in total. The maximum absolute atomic E-state index is 13.5. The number of ether oxygens (including phenoxy) is 1. The van der Waals surface area contributed by atoms with Crippen LogP contribution < -0.4 is 10.4 Å². The van der Waals surface area contributed by atoms with Crippen molar-refractivity contribution >= 4 is 17.3 Å². The zero-order chi connectivity index (χ0) is 22.8. The highest BCUT2D eigenvalue weighted by Crippen LogP contribution is 2.30. The molecule has 1 heterocycles. The highest BCUT2D eigenvalue weighted by atomic mass is 19.1. The molecule has 1 aromatic heterocycles. The highest BCUT2D eigenvalue weighted by Gasteiger charge is 2.26. The number of rotatable bonds is 6. The standard InChI is InChI=1S/C23H27FN4O3/c1-15-6-11-18(12-20(15)27(30)14-31-5)26-22(29)19-13-25-28(23(2,3)4)21(19)16-7-9-17(24)10-8-16/h6-13,30H,14H2,1-5H3,(H,26,29)/p+1. The number of hydroxylamine groups is 1. The predicted molar refractivity (Wildman–Crippen MR) is 116 cm³/mol. The monoisotopic (exact) mass is 427 g/mol. The van der Waals surface area contributed by atoms with Crippen molar-refractivity contribution in [2.75, 3.05) is 19.2 Å². The van der Waals surface area contributed by atoms with E-state index in [1.54, 1.807) is 28.9 Å². The van der Waals surface area contributed by atoms with Crippen LogP contribution >= 0.6 is 0 Å². The number of benzene rings is 2. The summed E-state index contributed by atoms with van der Waals surface area (Å²) in [6.45, 7) is 7.89. The minimum absolute atomic E-state index is 0.0747. The summed E-state index contributed by atoms with van der Waals surface area (Å²) >= 11 is 0. The van der Waals surface area contributed by atoms with E-state index in [9.17, 15) is 14.4 Å². The Balaban J connectivity index is 1.98. The lowest BCUT2D eigenvalue weighted by Crippen LogP contribution is -3.05. The van der Waals surface area contributed by atoms with Crippen molar-refractivity contribution in [3.05, 3.63) is 65.6 Å². The molecule has 2 aromatic carbocycles. The topological polar surface area (TPSA) is 80.8 Å². The molecule has 0 saturated heterocycles. The van der Waals surface area contributed by atoms with Crippen LogP contribution in [0.2, 0.25) is 0 Å². The molecule has 7 nitrogen and oxygen atoms in total. The third-order valence-electron chi connectivity index (χ3n) is 4.85. The molecular weight excluding hydrogens is 399 g/mol. The molecular formula is C23H28FN4O3+. The number of methoxy groups -OCH3 is 1. The van der Waals surface area contributed by atoms with E-state index in [2.05, 4.69) is 10.4 Å². The van der Waals surface area contributed by atoms with E-state index >= 15 is 0 Å². The van der Waals surface area contributed by atoms with Crippen molar-refractivity contribution in [3.8, 4) is 11.3 Å². The Kier molecular flexibility index (Phi) is 6.54. The van der Waals surface area contributed by atoms with Crippen LogP contribution in [-0.4, -0.2) is 34.7 Å². The van der Waals surface area contributed by atoms with Crippen LogP contribution in [0.3, 0.4) is 0 Å². The molecule has 0 aliphatic heterocycles. The molecule has 1 atom stereocenters. The Morgan fingerprint density at radius 3 is 2.52 bits per heavy atom. The maximum atomic E-state index is 13.5. The number of amides is 1. The van der Waals surface area contributed by atoms with Gasteiger partial charge in [-0.05, 0) is 58.0 Å². The summed E-state index contributed by atoms with van der Waals surface area (Å²) in [6.07, 6.45) is 1.52. The molecule has 164 valence electrons. The lowest BCUT2D eigenvalue weighted by molar-refractivity contribution is -1.05. The first-order valence-electron chi connectivity index (χ1n) is 9.92. The number of quaternary nitrogens is 1. The first kappa shape index (κ1) is 22.6. The number of aryl methyl sites for hydroxylation is 1. The quantitative estimate of drug-likeness (QED) is 0.415. The zero-order valence-corrected chi connectivity index (χ0v) is 18.4. The van der Waals surface area contributed by atoms with Crippen LogP contribution in [0.15, 0.2) is 48.7 Å². The lowest BCUT2D eigenvalue weighted by atomic mass is 10.0. The van der Waals surface area contributed by atoms with Gasteiger partial charge < -0.3 is 10.1 Å². The molecule has 3 aromatic rings. The van der Waals surface area contributed by atoms with Crippen LogP contribution in [0.4, 0.5) is 15.8 Å². The van der Waals surface area contributed by atoms with Crippen LogP contribution in [0, 0.1) is 12.7 Å². The molecule has 0 spiro atoms. The van der Waals surface area contributed by atoms with Crippen LogP contribution in [-0.2, 0) is 10.3 Å². The number of anilines is 1. The van der Waals surface area contributed by atoms with Gasteiger partial charge in [-0.15, -0.1) is 5.06 Å². The van der Waals surface area contributed by atoms with Gasteiger partial charge in [0.05, 0.1) is 23.0 Å². The molecule has 0 radical (unpaired) electrons. The van der Waals surface area contributed by atoms with Gasteiger partial charge in [-0.1, -0.05) is 6.07 Å². The van der Waals surface area contributed by atoms with E-state index in [1.165, 1.54) is 25.4 Å². The van der Waals surface area contributed by atoms with Gasteiger partial charge in [0.15, 0.2) is 5.69 Å². The average molecular weight is 428 g/mol. The fourth-order valence-corrected chi connectivity index (χ4v) is 3.33. The molecule has 1 amide bonds. The Labute approximate surface area is 181 Å². The van der Waals surface area contributed by atoms with E-state index in [1.807, 2.05) is 33.8 Å². The molecule has 0 bridgehead atoms. The van der Waals surface area contributed by atoms with Gasteiger partial charge in [0.2, 0.25) is 6.73 Å². The molecule has 1 unspecified atom stereocenters. The Morgan fingerprint density at radius 2 is 1.90 bits per heavy atom. The van der Waals surface area contributed by atoms with E-state index in [-0.39, 0.29) is 29.1 Å². The molecule has 0 saturated carbocycles. The Morgan fingerprint density at radius 1 is 1.23 bits per heavy atom. The fourth-order valence-electron chi connectivity index (χ4n) is 3.33. The number of carbonyl (C=O) groups excluding carboxylic acids is 1. The molecule has 0 fully saturated rings. The minimum atomic E-state index is -0.389. The fraction of sp³-hybridized carbons (Fsp3) is 0.304. The van der Waals surface area contributed by atoms with Crippen LogP contribution in [0.5, 0.6) is 0 Å². The van der Waals surface area contributed by atoms with Gasteiger partial charge in [0.25, 0.3) is 5.91 Å². The average Bonchev–Trinajstić information content (AvgIpc) is 3.16. The van der Waals surface area contributed by atoms with Crippen LogP contribution in [0.25, 0.3) is 11.3 Å². The van der Waals surface area contributed by atoms with Gasteiger partial charge in [0, 0.05) is 30.0 Å². The first-order valence-corrected chi connectivity index (χ1v) is 9.92. The molecule has 8 heteroatoms. The number of hydrogen-bond donors (Lipinski definition) is 3. The summed E-state index contributed by atoms with van der Waals surface area (Å²) < 4.78 is 20.2. The van der Waals surface area contributed by atoms with E-state index in [0.717, 1.165) is 5.56 Å². The Hall–Kier alpha value is -3.07. The van der Waals surface area contributed by atoms with Gasteiger partial charge in [0.1, 0.15) is 5.82 Å². The van der Waals surface area contributed by atoms with Gasteiger partial charge in [-0.25, -0.2) is 9.60 Å². The number of halogens is 1. The summed E-state index contributed by atoms with van der Waals surface area (Å²) in [5, 5.41) is 17.6. The Bertz CT molecular complexity index is 1070. The molecule has 0 aliphatic carbocycles. The van der Waals surface area contributed by atoms with Crippen molar-refractivity contribution in [1.29, 1.82) is 0 Å². The lowest BCUT2D eigenvalue weighted by Gasteiger charge is -2.23. The smallest absolute Gasteiger partial charge is 0.259 e. The number of hydrogen-bond acceptors (Lipinski definition) is 4. The summed E-state index contributed by atoms with van der Waals surface area (Å²) in [7, 11) is 1.50. The van der Waals surface area contributed by atoms with Crippen molar-refractivity contribution in [2.45, 2.75) is 33.2 Å². The molecule has 31 heavy (non-hydrogen) atoms. The van der Waals surface area contributed by atoms with Gasteiger partial charge in [-0.2, -0.15) is 5.10 Å². The number of nitrogens with zero attached hydrogens (tertiary/aromatic N) is 2. The van der Waals surface area contributed by atoms with Gasteiger partial charge in [-0.3, -0.25) is 9.48 Å². The third-order valence-corrected chi connectivity index (χ3v) is 4.85. The van der Waals surface area contributed by atoms with Crippen molar-refractivity contribution in [3.63, 3.8) is 0 Å². The molecule has 0 aliphatic rings. The second kappa shape index (κ2) is 8.97. The van der Waals surface area contributed by atoms with Crippen LogP contribution in [0.1, 0.15) is 36.7 Å². The summed E-state index contributed by atoms with van der Waals surface area (Å²) in [6, 6.07) is 11.3. The van der Waals surface area contributed by atoms with Gasteiger partial charge >= 0.3 is 0 Å². The summed E-state index contributed by atoms with van der Waals surface area (Å²) in [4.78, 5) is 13.2. The van der Waals surface area contributed by atoms with E-state index in [4.69, 9.17) is 4.74 Å². The second-order valence-corrected chi connectivity index (χ2v) is 8.36. The number of carbonyl (C=O) groups is 1. The zero-order valence-electron chi connectivity index (χ0n) is 18.4. The minimum Gasteiger partial charge on any atom is -0.332 e. The summed E-state index contributed by atoms with van der Waals surface area (Å²) in [5.41, 5.74) is 3.26. The van der Waals surface area contributed by atoms with Crippen molar-refractivity contribution in [2.24, 2.45) is 0 Å².